The molecule has 4 heteroatoms. The van der Waals surface area contributed by atoms with Crippen molar-refractivity contribution in [1.82, 2.24) is 5.32 Å². The number of rotatable bonds is 6. The summed E-state index contributed by atoms with van der Waals surface area (Å²) in [5, 5.41) is 5.80. The van der Waals surface area contributed by atoms with Gasteiger partial charge < -0.3 is 15.4 Å². The summed E-state index contributed by atoms with van der Waals surface area (Å²) in [6, 6.07) is 13.5. The number of benzene rings is 2. The highest BCUT2D eigenvalue weighted by Gasteiger charge is 2.03. The Kier molecular flexibility index (Phi) is 5.55. The van der Waals surface area contributed by atoms with E-state index in [1.54, 1.807) is 0 Å². The van der Waals surface area contributed by atoms with E-state index in [1.165, 1.54) is 11.1 Å². The van der Waals surface area contributed by atoms with Crippen LogP contribution in [0.15, 0.2) is 42.5 Å². The first-order valence-corrected chi connectivity index (χ1v) is 7.37. The molecule has 0 aromatic heterocycles. The van der Waals surface area contributed by atoms with Gasteiger partial charge in [-0.05, 0) is 68.4 Å². The zero-order valence-electron chi connectivity index (χ0n) is 13.3. The van der Waals surface area contributed by atoms with Crippen LogP contribution in [0.2, 0.25) is 0 Å². The van der Waals surface area contributed by atoms with Crippen molar-refractivity contribution in [3.8, 4) is 11.5 Å². The number of aryl methyl sites for hydroxylation is 2. The number of anilines is 1. The molecule has 2 aromatic carbocycles. The number of ether oxygens (including phenoxy) is 1. The molecule has 4 nitrogen and oxygen atoms in total. The Balaban J connectivity index is 1.98. The van der Waals surface area contributed by atoms with Crippen LogP contribution in [0.3, 0.4) is 0 Å². The summed E-state index contributed by atoms with van der Waals surface area (Å²) >= 11 is 0. The molecular weight excluding hydrogens is 276 g/mol. The molecule has 0 aliphatic carbocycles. The first-order valence-electron chi connectivity index (χ1n) is 7.37. The smallest absolute Gasteiger partial charge is 0.225 e. The minimum absolute atomic E-state index is 0.00247. The molecule has 22 heavy (non-hydrogen) atoms. The predicted octanol–water partition coefficient (Wildman–Crippen LogP) is 3.64. The van der Waals surface area contributed by atoms with Crippen LogP contribution < -0.4 is 15.4 Å². The lowest BCUT2D eigenvalue weighted by atomic mass is 10.1. The van der Waals surface area contributed by atoms with Gasteiger partial charge in [0.2, 0.25) is 5.91 Å². The Morgan fingerprint density at radius 1 is 1.00 bits per heavy atom. The van der Waals surface area contributed by atoms with Crippen molar-refractivity contribution in [3.05, 3.63) is 53.6 Å². The van der Waals surface area contributed by atoms with Crippen molar-refractivity contribution in [1.29, 1.82) is 0 Å². The van der Waals surface area contributed by atoms with Gasteiger partial charge in [0.25, 0.3) is 0 Å². The zero-order valence-corrected chi connectivity index (χ0v) is 13.3. The van der Waals surface area contributed by atoms with Crippen molar-refractivity contribution >= 4 is 11.6 Å². The van der Waals surface area contributed by atoms with Crippen LogP contribution >= 0.6 is 0 Å². The zero-order chi connectivity index (χ0) is 15.9. The lowest BCUT2D eigenvalue weighted by Crippen LogP contribution is -2.18. The second-order valence-corrected chi connectivity index (χ2v) is 5.35. The van der Waals surface area contributed by atoms with Crippen LogP contribution in [0.5, 0.6) is 11.5 Å². The van der Waals surface area contributed by atoms with Crippen LogP contribution in [0.4, 0.5) is 5.69 Å². The second-order valence-electron chi connectivity index (χ2n) is 5.35. The lowest BCUT2D eigenvalue weighted by Gasteiger charge is -2.09. The van der Waals surface area contributed by atoms with Crippen LogP contribution in [-0.4, -0.2) is 19.5 Å². The van der Waals surface area contributed by atoms with Crippen molar-refractivity contribution in [3.63, 3.8) is 0 Å². The minimum atomic E-state index is -0.00247. The van der Waals surface area contributed by atoms with Crippen LogP contribution in [0, 0.1) is 13.8 Å². The fourth-order valence-electron chi connectivity index (χ4n) is 2.20. The highest BCUT2D eigenvalue weighted by Crippen LogP contribution is 2.25. The Morgan fingerprint density at radius 3 is 2.23 bits per heavy atom. The summed E-state index contributed by atoms with van der Waals surface area (Å²) in [6.07, 6.45) is 0.456. The summed E-state index contributed by atoms with van der Waals surface area (Å²) in [5.41, 5.74) is 3.11. The van der Waals surface area contributed by atoms with Crippen molar-refractivity contribution < 1.29 is 9.53 Å². The van der Waals surface area contributed by atoms with Gasteiger partial charge in [-0.1, -0.05) is 6.07 Å². The molecule has 2 rings (SSSR count). The van der Waals surface area contributed by atoms with Gasteiger partial charge in [-0.3, -0.25) is 4.79 Å². The summed E-state index contributed by atoms with van der Waals surface area (Å²) in [6.45, 7) is 4.76. The van der Waals surface area contributed by atoms with Gasteiger partial charge in [-0.2, -0.15) is 0 Å². The Bertz CT molecular complexity index is 616. The van der Waals surface area contributed by atoms with Gasteiger partial charge in [0.15, 0.2) is 0 Å². The molecule has 1 amide bonds. The molecule has 0 unspecified atom stereocenters. The van der Waals surface area contributed by atoms with Gasteiger partial charge in [0.1, 0.15) is 11.5 Å². The number of nitrogens with one attached hydrogen (secondary N) is 2. The number of carbonyl (C=O) groups is 1. The molecule has 2 aromatic rings. The van der Waals surface area contributed by atoms with Crippen molar-refractivity contribution in [2.75, 3.05) is 18.9 Å². The maximum absolute atomic E-state index is 11.6. The van der Waals surface area contributed by atoms with E-state index in [9.17, 15) is 4.79 Å². The van der Waals surface area contributed by atoms with Gasteiger partial charge in [0.05, 0.1) is 0 Å². The van der Waals surface area contributed by atoms with Gasteiger partial charge in [-0.25, -0.2) is 0 Å². The van der Waals surface area contributed by atoms with E-state index in [-0.39, 0.29) is 5.91 Å². The minimum Gasteiger partial charge on any atom is -0.457 e. The van der Waals surface area contributed by atoms with Gasteiger partial charge in [0, 0.05) is 18.7 Å². The topological polar surface area (TPSA) is 50.4 Å². The maximum atomic E-state index is 11.6. The van der Waals surface area contributed by atoms with E-state index in [1.807, 2.05) is 57.3 Å². The van der Waals surface area contributed by atoms with Crippen LogP contribution in [0.25, 0.3) is 0 Å². The fourth-order valence-corrected chi connectivity index (χ4v) is 2.20. The molecule has 116 valence electrons. The van der Waals surface area contributed by atoms with Crippen molar-refractivity contribution in [2.45, 2.75) is 20.3 Å². The molecule has 0 saturated carbocycles. The van der Waals surface area contributed by atoms with Crippen molar-refractivity contribution in [2.24, 2.45) is 0 Å². The van der Waals surface area contributed by atoms with E-state index in [4.69, 9.17) is 4.74 Å². The SMILES string of the molecule is CNCCC(=O)Nc1ccc(Oc2cc(C)cc(C)c2)cc1. The monoisotopic (exact) mass is 298 g/mol. The molecule has 0 aliphatic heterocycles. The maximum Gasteiger partial charge on any atom is 0.225 e. The average Bonchev–Trinajstić information content (AvgIpc) is 2.46. The number of hydrogen-bond acceptors (Lipinski definition) is 3. The standard InChI is InChI=1S/C18H22N2O2/c1-13-10-14(2)12-17(11-13)22-16-6-4-15(5-7-16)20-18(21)8-9-19-3/h4-7,10-12,19H,8-9H2,1-3H3,(H,20,21). The summed E-state index contributed by atoms with van der Waals surface area (Å²) in [5.74, 6) is 1.57. The second kappa shape index (κ2) is 7.61. The summed E-state index contributed by atoms with van der Waals surface area (Å²) in [4.78, 5) is 11.6. The van der Waals surface area contributed by atoms with Gasteiger partial charge in [-0.15, -0.1) is 0 Å². The number of hydrogen-bond donors (Lipinski definition) is 2. The summed E-state index contributed by atoms with van der Waals surface area (Å²) in [7, 11) is 1.83. The Morgan fingerprint density at radius 2 is 1.64 bits per heavy atom. The van der Waals surface area contributed by atoms with E-state index in [2.05, 4.69) is 16.7 Å². The molecule has 0 heterocycles. The van der Waals surface area contributed by atoms with E-state index in [0.29, 0.717) is 13.0 Å². The molecule has 0 aliphatic rings. The van der Waals surface area contributed by atoms with E-state index >= 15 is 0 Å². The third-order valence-electron chi connectivity index (χ3n) is 3.17. The first kappa shape index (κ1) is 16.0. The fraction of sp³-hybridized carbons (Fsp3) is 0.278. The van der Waals surface area contributed by atoms with Crippen LogP contribution in [0.1, 0.15) is 17.5 Å². The largest absolute Gasteiger partial charge is 0.457 e. The highest BCUT2D eigenvalue weighted by molar-refractivity contribution is 5.90. The normalized spacial score (nSPS) is 10.3. The van der Waals surface area contributed by atoms with E-state index in [0.717, 1.165) is 17.2 Å². The molecule has 0 bridgehead atoms. The third kappa shape index (κ3) is 4.90. The Hall–Kier alpha value is -2.33. The molecule has 0 radical (unpaired) electrons. The number of amides is 1. The molecule has 2 N–H and O–H groups in total. The van der Waals surface area contributed by atoms with Crippen LogP contribution in [-0.2, 0) is 4.79 Å². The highest BCUT2D eigenvalue weighted by atomic mass is 16.5. The number of carbonyl (C=O) groups excluding carboxylic acids is 1. The molecular formula is C18H22N2O2. The van der Waals surface area contributed by atoms with E-state index < -0.39 is 0 Å². The van der Waals surface area contributed by atoms with Gasteiger partial charge >= 0.3 is 0 Å². The first-order chi connectivity index (χ1) is 10.6. The lowest BCUT2D eigenvalue weighted by molar-refractivity contribution is -0.116. The average molecular weight is 298 g/mol. The molecule has 0 fully saturated rings. The molecule has 0 saturated heterocycles. The predicted molar refractivity (Wildman–Crippen MR) is 89.6 cm³/mol. The Labute approximate surface area is 131 Å². The third-order valence-corrected chi connectivity index (χ3v) is 3.17. The molecule has 0 spiro atoms. The summed E-state index contributed by atoms with van der Waals surface area (Å²) < 4.78 is 5.84. The quantitative estimate of drug-likeness (QED) is 0.856. The molecule has 0 atom stereocenters.